The van der Waals surface area contributed by atoms with E-state index in [1.54, 1.807) is 60.8 Å². The number of hydrogen-bond donors (Lipinski definition) is 2. The molecule has 0 fully saturated rings. The van der Waals surface area contributed by atoms with E-state index in [4.69, 9.17) is 4.74 Å². The molecule has 4 rings (SSSR count). The van der Waals surface area contributed by atoms with Gasteiger partial charge < -0.3 is 4.74 Å². The van der Waals surface area contributed by atoms with E-state index < -0.39 is 10.0 Å². The van der Waals surface area contributed by atoms with E-state index in [-0.39, 0.29) is 4.90 Å². The van der Waals surface area contributed by atoms with Gasteiger partial charge in [0.25, 0.3) is 10.0 Å². The van der Waals surface area contributed by atoms with Crippen LogP contribution in [0.4, 0.5) is 11.4 Å². The fourth-order valence-corrected chi connectivity index (χ4v) is 3.97. The van der Waals surface area contributed by atoms with Gasteiger partial charge in [-0.25, -0.2) is 8.42 Å². The Hall–Kier alpha value is -4.10. The predicted molar refractivity (Wildman–Crippen MR) is 128 cm³/mol. The third-order valence-corrected chi connectivity index (χ3v) is 5.83. The Labute approximate surface area is 187 Å². The van der Waals surface area contributed by atoms with Gasteiger partial charge in [-0.2, -0.15) is 5.10 Å². The van der Waals surface area contributed by atoms with Crippen molar-refractivity contribution in [3.05, 3.63) is 115 Å². The molecule has 0 spiro atoms. The van der Waals surface area contributed by atoms with Crippen molar-refractivity contribution in [2.75, 3.05) is 10.1 Å². The van der Waals surface area contributed by atoms with E-state index in [0.29, 0.717) is 5.69 Å². The van der Waals surface area contributed by atoms with Crippen LogP contribution in [-0.4, -0.2) is 14.6 Å². The van der Waals surface area contributed by atoms with Gasteiger partial charge in [0.1, 0.15) is 11.5 Å². The van der Waals surface area contributed by atoms with Crippen molar-refractivity contribution < 1.29 is 13.2 Å². The summed E-state index contributed by atoms with van der Waals surface area (Å²) in [6.45, 7) is 0. The molecule has 4 aromatic carbocycles. The minimum atomic E-state index is -3.62. The van der Waals surface area contributed by atoms with Gasteiger partial charge in [0.2, 0.25) is 0 Å². The first-order chi connectivity index (χ1) is 15.6. The summed E-state index contributed by atoms with van der Waals surface area (Å²) in [7, 11) is -3.62. The number of ether oxygens (including phenoxy) is 1. The van der Waals surface area contributed by atoms with E-state index >= 15 is 0 Å². The normalized spacial score (nSPS) is 11.2. The Morgan fingerprint density at radius 1 is 0.688 bits per heavy atom. The quantitative estimate of drug-likeness (QED) is 0.269. The molecule has 0 aromatic heterocycles. The number of hydrogen-bond acceptors (Lipinski definition) is 5. The van der Waals surface area contributed by atoms with E-state index in [1.165, 1.54) is 0 Å². The third-order valence-electron chi connectivity index (χ3n) is 4.43. The number of benzene rings is 4. The maximum Gasteiger partial charge on any atom is 0.261 e. The first kappa shape index (κ1) is 21.1. The highest BCUT2D eigenvalue weighted by Gasteiger charge is 2.13. The van der Waals surface area contributed by atoms with Crippen LogP contribution in [0, 0.1) is 0 Å². The molecule has 7 heteroatoms. The van der Waals surface area contributed by atoms with E-state index in [9.17, 15) is 8.42 Å². The van der Waals surface area contributed by atoms with E-state index in [0.717, 1.165) is 22.7 Å². The molecule has 0 saturated carbocycles. The van der Waals surface area contributed by atoms with Crippen molar-refractivity contribution in [1.29, 1.82) is 0 Å². The van der Waals surface area contributed by atoms with Gasteiger partial charge >= 0.3 is 0 Å². The lowest BCUT2D eigenvalue weighted by Gasteiger charge is -2.08. The number of hydrazone groups is 1. The number of rotatable bonds is 8. The third kappa shape index (κ3) is 5.74. The number of para-hydroxylation sites is 1. The Morgan fingerprint density at radius 2 is 1.31 bits per heavy atom. The molecule has 0 radical (unpaired) electrons. The molecular formula is C25H21N3O3S. The van der Waals surface area contributed by atoms with Crippen LogP contribution in [-0.2, 0) is 10.0 Å². The highest BCUT2D eigenvalue weighted by Crippen LogP contribution is 2.21. The zero-order chi connectivity index (χ0) is 22.2. The van der Waals surface area contributed by atoms with Gasteiger partial charge in [-0.05, 0) is 66.2 Å². The Bertz CT molecular complexity index is 1290. The molecule has 0 bridgehead atoms. The minimum absolute atomic E-state index is 0.213. The van der Waals surface area contributed by atoms with Crippen molar-refractivity contribution in [3.8, 4) is 11.5 Å². The van der Waals surface area contributed by atoms with Crippen LogP contribution in [0.3, 0.4) is 0 Å². The summed E-state index contributed by atoms with van der Waals surface area (Å²) in [5.74, 6) is 1.48. The fraction of sp³-hybridized carbons (Fsp3) is 0. The van der Waals surface area contributed by atoms with Crippen LogP contribution in [0.1, 0.15) is 5.56 Å². The average Bonchev–Trinajstić information content (AvgIpc) is 2.82. The van der Waals surface area contributed by atoms with Crippen molar-refractivity contribution in [3.63, 3.8) is 0 Å². The second-order valence-electron chi connectivity index (χ2n) is 6.85. The summed E-state index contributed by atoms with van der Waals surface area (Å²) < 4.78 is 33.2. The van der Waals surface area contributed by atoms with Gasteiger partial charge in [-0.3, -0.25) is 10.1 Å². The number of anilines is 2. The standard InChI is InChI=1S/C25H21N3O3S/c29-32(30,25-12-5-2-6-13-25)28-22-16-14-21(15-17-22)27-26-19-20-8-7-11-24(18-20)31-23-9-3-1-4-10-23/h1-19,27-28H/b26-19+. The Morgan fingerprint density at radius 3 is 2.03 bits per heavy atom. The van der Waals surface area contributed by atoms with Crippen LogP contribution in [0.15, 0.2) is 119 Å². The molecule has 32 heavy (non-hydrogen) atoms. The van der Waals surface area contributed by atoms with Crippen LogP contribution in [0.25, 0.3) is 0 Å². The Kier molecular flexibility index (Phi) is 6.48. The summed E-state index contributed by atoms with van der Waals surface area (Å²) in [5, 5.41) is 4.24. The molecular weight excluding hydrogens is 422 g/mol. The molecule has 0 amide bonds. The van der Waals surface area contributed by atoms with Gasteiger partial charge in [0.15, 0.2) is 0 Å². The summed E-state index contributed by atoms with van der Waals surface area (Å²) in [6.07, 6.45) is 1.68. The van der Waals surface area contributed by atoms with E-state index in [1.807, 2.05) is 54.6 Å². The van der Waals surface area contributed by atoms with Crippen LogP contribution in [0.2, 0.25) is 0 Å². The lowest BCUT2D eigenvalue weighted by Crippen LogP contribution is -2.12. The summed E-state index contributed by atoms with van der Waals surface area (Å²) in [6, 6.07) is 32.2. The summed E-state index contributed by atoms with van der Waals surface area (Å²) >= 11 is 0. The molecule has 0 atom stereocenters. The summed E-state index contributed by atoms with van der Waals surface area (Å²) in [4.78, 5) is 0.213. The van der Waals surface area contributed by atoms with Crippen LogP contribution < -0.4 is 14.9 Å². The number of nitrogens with zero attached hydrogens (tertiary/aromatic N) is 1. The SMILES string of the molecule is O=S(=O)(Nc1ccc(N/N=C/c2cccc(Oc3ccccc3)c2)cc1)c1ccccc1. The van der Waals surface area contributed by atoms with Gasteiger partial charge in [0, 0.05) is 5.69 Å². The molecule has 2 N–H and O–H groups in total. The van der Waals surface area contributed by atoms with E-state index in [2.05, 4.69) is 15.2 Å². The van der Waals surface area contributed by atoms with Crippen molar-refractivity contribution >= 4 is 27.6 Å². The first-order valence-corrected chi connectivity index (χ1v) is 11.4. The predicted octanol–water partition coefficient (Wildman–Crippen LogP) is 5.73. The van der Waals surface area contributed by atoms with Crippen molar-refractivity contribution in [2.24, 2.45) is 5.10 Å². The molecule has 0 unspecified atom stereocenters. The molecule has 0 aliphatic heterocycles. The van der Waals surface area contributed by atoms with Crippen molar-refractivity contribution in [2.45, 2.75) is 4.90 Å². The zero-order valence-electron chi connectivity index (χ0n) is 17.0. The van der Waals surface area contributed by atoms with Gasteiger partial charge in [0.05, 0.1) is 16.8 Å². The summed E-state index contributed by atoms with van der Waals surface area (Å²) in [5.41, 5.74) is 5.00. The van der Waals surface area contributed by atoms with Crippen molar-refractivity contribution in [1.82, 2.24) is 0 Å². The topological polar surface area (TPSA) is 79.8 Å². The molecule has 0 aliphatic rings. The maximum absolute atomic E-state index is 12.4. The zero-order valence-corrected chi connectivity index (χ0v) is 17.9. The van der Waals surface area contributed by atoms with Crippen LogP contribution in [0.5, 0.6) is 11.5 Å². The molecule has 0 saturated heterocycles. The maximum atomic E-state index is 12.4. The van der Waals surface area contributed by atoms with Gasteiger partial charge in [-0.15, -0.1) is 0 Å². The number of sulfonamides is 1. The smallest absolute Gasteiger partial charge is 0.261 e. The lowest BCUT2D eigenvalue weighted by atomic mass is 10.2. The van der Waals surface area contributed by atoms with Gasteiger partial charge in [-0.1, -0.05) is 48.5 Å². The first-order valence-electron chi connectivity index (χ1n) is 9.88. The average molecular weight is 444 g/mol. The molecule has 0 aliphatic carbocycles. The molecule has 6 nitrogen and oxygen atoms in total. The molecule has 0 heterocycles. The monoisotopic (exact) mass is 443 g/mol. The van der Waals surface area contributed by atoms with Crippen LogP contribution >= 0.6 is 0 Å². The highest BCUT2D eigenvalue weighted by molar-refractivity contribution is 7.92. The number of nitrogens with one attached hydrogen (secondary N) is 2. The molecule has 4 aromatic rings. The Balaban J connectivity index is 1.36. The fourth-order valence-electron chi connectivity index (χ4n) is 2.89. The lowest BCUT2D eigenvalue weighted by molar-refractivity contribution is 0.482. The minimum Gasteiger partial charge on any atom is -0.457 e. The highest BCUT2D eigenvalue weighted by atomic mass is 32.2. The second kappa shape index (κ2) is 9.80. The second-order valence-corrected chi connectivity index (χ2v) is 8.54. The molecule has 160 valence electrons. The largest absolute Gasteiger partial charge is 0.457 e.